The van der Waals surface area contributed by atoms with Crippen LogP contribution < -0.4 is 0 Å². The van der Waals surface area contributed by atoms with Crippen LogP contribution in [0.3, 0.4) is 0 Å². The van der Waals surface area contributed by atoms with Crippen LogP contribution in [-0.2, 0) is 6.42 Å². The second-order valence-electron chi connectivity index (χ2n) is 5.82. The maximum atomic E-state index is 2.28. The van der Waals surface area contributed by atoms with E-state index in [9.17, 15) is 0 Å². The van der Waals surface area contributed by atoms with Crippen LogP contribution in [0.1, 0.15) is 37.7 Å². The lowest BCUT2D eigenvalue weighted by molar-refractivity contribution is 0.395. The quantitative estimate of drug-likeness (QED) is 0.690. The van der Waals surface area contributed by atoms with E-state index in [-0.39, 0.29) is 0 Å². The summed E-state index contributed by atoms with van der Waals surface area (Å²) in [6, 6.07) is 21.9. The molecule has 0 saturated heterocycles. The Labute approximate surface area is 126 Å². The second kappa shape index (κ2) is 6.49. The molecular formula is C19H22S. The molecule has 104 valence electrons. The summed E-state index contributed by atoms with van der Waals surface area (Å²) in [5.41, 5.74) is 1.48. The predicted molar refractivity (Wildman–Crippen MR) is 88.3 cm³/mol. The van der Waals surface area contributed by atoms with Gasteiger partial charge in [-0.05, 0) is 37.0 Å². The first-order valence-corrected chi connectivity index (χ1v) is 8.46. The van der Waals surface area contributed by atoms with Crippen molar-refractivity contribution in [2.75, 3.05) is 0 Å². The predicted octanol–water partition coefficient (Wildman–Crippen LogP) is 5.72. The highest BCUT2D eigenvalue weighted by atomic mass is 32.2. The molecule has 1 fully saturated rings. The molecule has 1 aliphatic rings. The minimum absolute atomic E-state index is 0.404. The molecular weight excluding hydrogens is 260 g/mol. The van der Waals surface area contributed by atoms with Gasteiger partial charge in [0.25, 0.3) is 0 Å². The fourth-order valence-electron chi connectivity index (χ4n) is 3.22. The van der Waals surface area contributed by atoms with E-state index in [1.165, 1.54) is 49.0 Å². The highest BCUT2D eigenvalue weighted by Gasteiger charge is 2.33. The Hall–Kier alpha value is -1.21. The van der Waals surface area contributed by atoms with Crippen molar-refractivity contribution in [1.29, 1.82) is 0 Å². The van der Waals surface area contributed by atoms with Crippen LogP contribution in [0.25, 0.3) is 0 Å². The van der Waals surface area contributed by atoms with E-state index in [1.54, 1.807) is 0 Å². The van der Waals surface area contributed by atoms with Crippen LogP contribution in [0.2, 0.25) is 0 Å². The van der Waals surface area contributed by atoms with Gasteiger partial charge >= 0.3 is 0 Å². The van der Waals surface area contributed by atoms with Crippen molar-refractivity contribution in [3.63, 3.8) is 0 Å². The largest absolute Gasteiger partial charge is 0.119 e. The molecule has 1 saturated carbocycles. The maximum Gasteiger partial charge on any atom is 0.0247 e. The first-order chi connectivity index (χ1) is 9.86. The van der Waals surface area contributed by atoms with Crippen molar-refractivity contribution >= 4 is 11.8 Å². The van der Waals surface area contributed by atoms with Gasteiger partial charge in [0, 0.05) is 9.64 Å². The Morgan fingerprint density at radius 2 is 1.35 bits per heavy atom. The average molecular weight is 282 g/mol. The van der Waals surface area contributed by atoms with E-state index in [0.717, 1.165) is 0 Å². The molecule has 0 amide bonds. The Morgan fingerprint density at radius 3 is 2.00 bits per heavy atom. The van der Waals surface area contributed by atoms with Crippen molar-refractivity contribution in [2.45, 2.75) is 48.2 Å². The molecule has 2 aromatic carbocycles. The van der Waals surface area contributed by atoms with E-state index >= 15 is 0 Å². The Morgan fingerprint density at radius 1 is 0.750 bits per heavy atom. The summed E-state index contributed by atoms with van der Waals surface area (Å²) >= 11 is 2.11. The third-order valence-electron chi connectivity index (χ3n) is 4.21. The van der Waals surface area contributed by atoms with Crippen LogP contribution >= 0.6 is 11.8 Å². The number of rotatable bonds is 4. The highest BCUT2D eigenvalue weighted by Crippen LogP contribution is 2.45. The van der Waals surface area contributed by atoms with Crippen LogP contribution in [0.4, 0.5) is 0 Å². The zero-order valence-electron chi connectivity index (χ0n) is 11.9. The molecule has 0 spiro atoms. The van der Waals surface area contributed by atoms with Crippen molar-refractivity contribution in [3.8, 4) is 0 Å². The summed E-state index contributed by atoms with van der Waals surface area (Å²) in [4.78, 5) is 1.42. The van der Waals surface area contributed by atoms with Gasteiger partial charge in [0.05, 0.1) is 0 Å². The Bertz CT molecular complexity index is 468. The van der Waals surface area contributed by atoms with Crippen molar-refractivity contribution in [2.24, 2.45) is 0 Å². The molecule has 1 aliphatic carbocycles. The summed E-state index contributed by atoms with van der Waals surface area (Å²) in [6.45, 7) is 0. The molecule has 0 aliphatic heterocycles. The van der Waals surface area contributed by atoms with Gasteiger partial charge < -0.3 is 0 Å². The number of benzene rings is 2. The van der Waals surface area contributed by atoms with E-state index in [4.69, 9.17) is 0 Å². The van der Waals surface area contributed by atoms with Gasteiger partial charge in [0.1, 0.15) is 0 Å². The van der Waals surface area contributed by atoms with Crippen LogP contribution in [0, 0.1) is 0 Å². The van der Waals surface area contributed by atoms with E-state index in [0.29, 0.717) is 4.75 Å². The topological polar surface area (TPSA) is 0 Å². The van der Waals surface area contributed by atoms with Gasteiger partial charge in [-0.3, -0.25) is 0 Å². The summed E-state index contributed by atoms with van der Waals surface area (Å²) in [5.74, 6) is 0. The number of hydrogen-bond donors (Lipinski definition) is 0. The lowest BCUT2D eigenvalue weighted by Crippen LogP contribution is -2.30. The summed E-state index contributed by atoms with van der Waals surface area (Å²) in [5, 5.41) is 0. The summed E-state index contributed by atoms with van der Waals surface area (Å²) in [7, 11) is 0. The first-order valence-electron chi connectivity index (χ1n) is 7.64. The molecule has 3 rings (SSSR count). The van der Waals surface area contributed by atoms with Gasteiger partial charge in [0.15, 0.2) is 0 Å². The Balaban J connectivity index is 1.81. The lowest BCUT2D eigenvalue weighted by atomic mass is 9.84. The molecule has 0 N–H and O–H groups in total. The minimum Gasteiger partial charge on any atom is -0.119 e. The van der Waals surface area contributed by atoms with Gasteiger partial charge in [-0.15, -0.1) is 11.8 Å². The van der Waals surface area contributed by atoms with Gasteiger partial charge in [-0.1, -0.05) is 67.8 Å². The van der Waals surface area contributed by atoms with Crippen molar-refractivity contribution < 1.29 is 0 Å². The molecule has 2 aromatic rings. The SMILES string of the molecule is c1ccc(CC2(Sc3ccccc3)CCCCC2)cc1. The van der Waals surface area contributed by atoms with E-state index < -0.39 is 0 Å². The van der Waals surface area contributed by atoms with Crippen molar-refractivity contribution in [1.82, 2.24) is 0 Å². The zero-order chi connectivity index (χ0) is 13.7. The van der Waals surface area contributed by atoms with E-state index in [1.807, 2.05) is 0 Å². The van der Waals surface area contributed by atoms with Crippen molar-refractivity contribution in [3.05, 3.63) is 66.2 Å². The minimum atomic E-state index is 0.404. The standard InChI is InChI=1S/C19H22S/c1-4-10-17(11-5-1)16-19(14-8-3-9-15-19)20-18-12-6-2-7-13-18/h1-2,4-7,10-13H,3,8-9,14-16H2. The number of hydrogen-bond acceptors (Lipinski definition) is 1. The smallest absolute Gasteiger partial charge is 0.0247 e. The first kappa shape index (κ1) is 13.8. The van der Waals surface area contributed by atoms with Crippen LogP contribution in [0.15, 0.2) is 65.6 Å². The average Bonchev–Trinajstić information content (AvgIpc) is 2.50. The Kier molecular flexibility index (Phi) is 4.47. The molecule has 0 radical (unpaired) electrons. The molecule has 0 nitrogen and oxygen atoms in total. The molecule has 0 unspecified atom stereocenters. The van der Waals surface area contributed by atoms with Gasteiger partial charge in [-0.2, -0.15) is 0 Å². The third-order valence-corrected chi connectivity index (χ3v) is 5.70. The van der Waals surface area contributed by atoms with Gasteiger partial charge in [0.2, 0.25) is 0 Å². The second-order valence-corrected chi connectivity index (χ2v) is 7.36. The monoisotopic (exact) mass is 282 g/mol. The fraction of sp³-hybridized carbons (Fsp3) is 0.368. The summed E-state index contributed by atoms with van der Waals surface area (Å²) in [6.07, 6.45) is 8.07. The molecule has 0 aromatic heterocycles. The zero-order valence-corrected chi connectivity index (χ0v) is 12.7. The maximum absolute atomic E-state index is 2.28. The molecule has 0 atom stereocenters. The fourth-order valence-corrected chi connectivity index (χ4v) is 4.74. The van der Waals surface area contributed by atoms with Crippen LogP contribution in [-0.4, -0.2) is 4.75 Å². The van der Waals surface area contributed by atoms with Crippen LogP contribution in [0.5, 0.6) is 0 Å². The molecule has 0 bridgehead atoms. The lowest BCUT2D eigenvalue weighted by Gasteiger charge is -2.37. The number of thioether (sulfide) groups is 1. The molecule has 1 heteroatoms. The summed E-state index contributed by atoms with van der Waals surface area (Å²) < 4.78 is 0.404. The molecule has 20 heavy (non-hydrogen) atoms. The van der Waals surface area contributed by atoms with Gasteiger partial charge in [-0.25, -0.2) is 0 Å². The molecule has 0 heterocycles. The normalized spacial score (nSPS) is 17.8. The highest BCUT2D eigenvalue weighted by molar-refractivity contribution is 8.00. The third kappa shape index (κ3) is 3.46. The van der Waals surface area contributed by atoms with E-state index in [2.05, 4.69) is 72.4 Å².